The number of methoxy groups -OCH3 is 3. The number of aliphatic hydroxyl groups excluding tert-OH is 1. The zero-order valence-electron chi connectivity index (χ0n) is 19.5. The number of rotatable bonds is 9. The van der Waals surface area contributed by atoms with Gasteiger partial charge < -0.3 is 29.0 Å². The highest BCUT2D eigenvalue weighted by molar-refractivity contribution is 6.46. The van der Waals surface area contributed by atoms with Gasteiger partial charge in [0.2, 0.25) is 0 Å². The lowest BCUT2D eigenvalue weighted by Gasteiger charge is -2.26. The fourth-order valence-corrected chi connectivity index (χ4v) is 3.93. The first-order chi connectivity index (χ1) is 15.9. The van der Waals surface area contributed by atoms with E-state index in [1.165, 1.54) is 26.2 Å². The second-order valence-electron chi connectivity index (χ2n) is 7.53. The van der Waals surface area contributed by atoms with Gasteiger partial charge in [-0.15, -0.1) is 0 Å². The number of nitrogens with zero attached hydrogens (tertiary/aromatic N) is 1. The molecule has 1 unspecified atom stereocenters. The van der Waals surface area contributed by atoms with Gasteiger partial charge in [0.25, 0.3) is 11.7 Å². The van der Waals surface area contributed by atoms with Crippen LogP contribution in [0.25, 0.3) is 5.76 Å². The number of benzene rings is 2. The van der Waals surface area contributed by atoms with Gasteiger partial charge in [0.15, 0.2) is 11.5 Å². The van der Waals surface area contributed by atoms with E-state index in [0.717, 1.165) is 5.56 Å². The van der Waals surface area contributed by atoms with Gasteiger partial charge in [-0.1, -0.05) is 17.7 Å². The van der Waals surface area contributed by atoms with Crippen LogP contribution >= 0.6 is 0 Å². The molecule has 1 saturated heterocycles. The van der Waals surface area contributed by atoms with Crippen molar-refractivity contribution < 1.29 is 33.6 Å². The summed E-state index contributed by atoms with van der Waals surface area (Å²) in [7, 11) is 4.51. The Kier molecular flexibility index (Phi) is 7.60. The van der Waals surface area contributed by atoms with Crippen LogP contribution in [0.5, 0.6) is 17.2 Å². The lowest BCUT2D eigenvalue weighted by Crippen LogP contribution is -2.32. The highest BCUT2D eigenvalue weighted by atomic mass is 16.5. The first kappa shape index (κ1) is 24.1. The second-order valence-corrected chi connectivity index (χ2v) is 7.53. The molecule has 33 heavy (non-hydrogen) atoms. The van der Waals surface area contributed by atoms with Gasteiger partial charge in [-0.05, 0) is 43.7 Å². The molecule has 1 aliphatic heterocycles. The predicted molar refractivity (Wildman–Crippen MR) is 123 cm³/mol. The smallest absolute Gasteiger partial charge is 0.295 e. The SMILES string of the molecule is CCOc1ccc(C2/C(=C(\O)c3cc(C)ccc3OC)C(=O)C(=O)N2CCOC)cc1OC. The van der Waals surface area contributed by atoms with Gasteiger partial charge >= 0.3 is 0 Å². The molecule has 0 spiro atoms. The number of aliphatic hydroxyl groups is 1. The van der Waals surface area contributed by atoms with E-state index in [0.29, 0.717) is 35.0 Å². The standard InChI is InChI=1S/C25H29NO7/c1-6-33-19-10-8-16(14-20(19)32-5)22-21(24(28)25(29)26(22)11-12-30-3)23(27)17-13-15(2)7-9-18(17)31-4/h7-10,13-14,22,27H,6,11-12H2,1-5H3/b23-21+. The maximum atomic E-state index is 13.1. The summed E-state index contributed by atoms with van der Waals surface area (Å²) in [6, 6.07) is 9.61. The summed E-state index contributed by atoms with van der Waals surface area (Å²) in [6.07, 6.45) is 0. The molecule has 8 heteroatoms. The Balaban J connectivity index is 2.23. The molecule has 1 aliphatic rings. The molecule has 8 nitrogen and oxygen atoms in total. The van der Waals surface area contributed by atoms with Gasteiger partial charge in [0.05, 0.1) is 44.6 Å². The van der Waals surface area contributed by atoms with Crippen LogP contribution in [0.1, 0.15) is 29.7 Å². The highest BCUT2D eigenvalue weighted by Gasteiger charge is 2.46. The summed E-state index contributed by atoms with van der Waals surface area (Å²) in [5, 5.41) is 11.3. The van der Waals surface area contributed by atoms with Gasteiger partial charge in [-0.3, -0.25) is 9.59 Å². The molecule has 2 aromatic carbocycles. The van der Waals surface area contributed by atoms with Crippen molar-refractivity contribution in [3.05, 3.63) is 58.7 Å². The van der Waals surface area contributed by atoms with Crippen molar-refractivity contribution in [3.8, 4) is 17.2 Å². The third kappa shape index (κ3) is 4.66. The fourth-order valence-electron chi connectivity index (χ4n) is 3.93. The third-order valence-electron chi connectivity index (χ3n) is 5.49. The number of ketones is 1. The third-order valence-corrected chi connectivity index (χ3v) is 5.49. The second kappa shape index (κ2) is 10.4. The van der Waals surface area contributed by atoms with E-state index >= 15 is 0 Å². The molecule has 2 aromatic rings. The summed E-state index contributed by atoms with van der Waals surface area (Å²) in [5.74, 6) is -0.392. The molecule has 1 fully saturated rings. The van der Waals surface area contributed by atoms with Crippen LogP contribution in [0.4, 0.5) is 0 Å². The average molecular weight is 456 g/mol. The van der Waals surface area contributed by atoms with Gasteiger partial charge in [0, 0.05) is 13.7 Å². The first-order valence-corrected chi connectivity index (χ1v) is 10.6. The summed E-state index contributed by atoms with van der Waals surface area (Å²) in [5.41, 5.74) is 1.78. The van der Waals surface area contributed by atoms with Crippen molar-refractivity contribution >= 4 is 17.4 Å². The molecule has 1 N–H and O–H groups in total. The van der Waals surface area contributed by atoms with Crippen molar-refractivity contribution in [1.82, 2.24) is 4.90 Å². The largest absolute Gasteiger partial charge is 0.507 e. The first-order valence-electron chi connectivity index (χ1n) is 10.6. The quantitative estimate of drug-likeness (QED) is 0.351. The van der Waals surface area contributed by atoms with E-state index in [2.05, 4.69) is 0 Å². The maximum absolute atomic E-state index is 13.1. The summed E-state index contributed by atoms with van der Waals surface area (Å²) < 4.78 is 21.6. The van der Waals surface area contributed by atoms with Crippen molar-refractivity contribution in [1.29, 1.82) is 0 Å². The minimum Gasteiger partial charge on any atom is -0.507 e. The Morgan fingerprint density at radius 3 is 2.33 bits per heavy atom. The maximum Gasteiger partial charge on any atom is 0.295 e. The van der Waals surface area contributed by atoms with Gasteiger partial charge in [0.1, 0.15) is 11.5 Å². The Morgan fingerprint density at radius 1 is 1.00 bits per heavy atom. The Hall–Kier alpha value is -3.52. The summed E-state index contributed by atoms with van der Waals surface area (Å²) >= 11 is 0. The topological polar surface area (TPSA) is 94.5 Å². The predicted octanol–water partition coefficient (Wildman–Crippen LogP) is 3.48. The molecular formula is C25H29NO7. The molecule has 3 rings (SSSR count). The summed E-state index contributed by atoms with van der Waals surface area (Å²) in [6.45, 7) is 4.58. The zero-order valence-corrected chi connectivity index (χ0v) is 19.5. The van der Waals surface area contributed by atoms with Crippen LogP contribution in [0.15, 0.2) is 42.0 Å². The van der Waals surface area contributed by atoms with Crippen LogP contribution in [-0.2, 0) is 14.3 Å². The molecule has 0 radical (unpaired) electrons. The van der Waals surface area contributed by atoms with Gasteiger partial charge in [-0.25, -0.2) is 0 Å². The monoisotopic (exact) mass is 455 g/mol. The number of likely N-dealkylation sites (tertiary alicyclic amines) is 1. The molecular weight excluding hydrogens is 426 g/mol. The van der Waals surface area contributed by atoms with Crippen LogP contribution in [0, 0.1) is 6.92 Å². The minimum absolute atomic E-state index is 0.0220. The van der Waals surface area contributed by atoms with Crippen LogP contribution < -0.4 is 14.2 Å². The van der Waals surface area contributed by atoms with E-state index in [1.807, 2.05) is 19.9 Å². The minimum atomic E-state index is -0.838. The number of ether oxygens (including phenoxy) is 4. The van der Waals surface area contributed by atoms with E-state index < -0.39 is 17.7 Å². The van der Waals surface area contributed by atoms with E-state index in [9.17, 15) is 14.7 Å². The van der Waals surface area contributed by atoms with E-state index in [1.54, 1.807) is 30.3 Å². The number of hydrogen-bond donors (Lipinski definition) is 1. The number of hydrogen-bond acceptors (Lipinski definition) is 7. The van der Waals surface area contributed by atoms with Crippen LogP contribution in [0.2, 0.25) is 0 Å². The van der Waals surface area contributed by atoms with Crippen molar-refractivity contribution in [2.24, 2.45) is 0 Å². The molecule has 1 atom stereocenters. The molecule has 0 bridgehead atoms. The van der Waals surface area contributed by atoms with Crippen molar-refractivity contribution in [3.63, 3.8) is 0 Å². The molecule has 0 aliphatic carbocycles. The molecule has 176 valence electrons. The highest BCUT2D eigenvalue weighted by Crippen LogP contribution is 2.43. The molecule has 1 amide bonds. The Labute approximate surface area is 193 Å². The number of amides is 1. The number of aryl methyl sites for hydroxylation is 1. The molecule has 0 aromatic heterocycles. The zero-order chi connectivity index (χ0) is 24.1. The Bertz CT molecular complexity index is 1080. The van der Waals surface area contributed by atoms with Crippen LogP contribution in [0.3, 0.4) is 0 Å². The van der Waals surface area contributed by atoms with Crippen molar-refractivity contribution in [2.45, 2.75) is 19.9 Å². The number of Topliss-reactive ketones (excluding diaryl/α,β-unsaturated/α-hetero) is 1. The molecule has 1 heterocycles. The number of carbonyl (C=O) groups is 2. The number of carbonyl (C=O) groups excluding carboxylic acids is 2. The lowest BCUT2D eigenvalue weighted by molar-refractivity contribution is -0.140. The van der Waals surface area contributed by atoms with E-state index in [4.69, 9.17) is 18.9 Å². The fraction of sp³-hybridized carbons (Fsp3) is 0.360. The van der Waals surface area contributed by atoms with E-state index in [-0.39, 0.29) is 24.5 Å². The normalized spacial score (nSPS) is 17.4. The molecule has 0 saturated carbocycles. The lowest BCUT2D eigenvalue weighted by atomic mass is 9.94. The Morgan fingerprint density at radius 2 is 1.70 bits per heavy atom. The van der Waals surface area contributed by atoms with Crippen LogP contribution in [-0.4, -0.2) is 62.8 Å². The van der Waals surface area contributed by atoms with Crippen molar-refractivity contribution in [2.75, 3.05) is 41.1 Å². The van der Waals surface area contributed by atoms with Gasteiger partial charge in [-0.2, -0.15) is 0 Å². The summed E-state index contributed by atoms with van der Waals surface area (Å²) in [4.78, 5) is 27.5. The average Bonchev–Trinajstić information content (AvgIpc) is 3.07.